The highest BCUT2D eigenvalue weighted by Crippen LogP contribution is 2.41. The normalized spacial score (nSPS) is 17.7. The van der Waals surface area contributed by atoms with Crippen molar-refractivity contribution in [1.29, 1.82) is 0 Å². The van der Waals surface area contributed by atoms with Gasteiger partial charge in [-0.2, -0.15) is 0 Å². The Balaban J connectivity index is 1.53. The number of fused-ring (bicyclic) bond motifs is 1. The third-order valence-electron chi connectivity index (χ3n) is 5.52. The molecule has 1 fully saturated rings. The molecule has 0 aliphatic carbocycles. The summed E-state index contributed by atoms with van der Waals surface area (Å²) in [7, 11) is 1.57. The van der Waals surface area contributed by atoms with E-state index in [0.29, 0.717) is 43.0 Å². The van der Waals surface area contributed by atoms with Gasteiger partial charge in [-0.1, -0.05) is 34.8 Å². The van der Waals surface area contributed by atoms with Crippen LogP contribution in [0.3, 0.4) is 0 Å². The second-order valence-electron chi connectivity index (χ2n) is 7.26. The molecule has 0 aromatic heterocycles. The zero-order chi connectivity index (χ0) is 20.8. The second-order valence-corrected chi connectivity index (χ2v) is 8.45. The minimum atomic E-state index is -0.630. The van der Waals surface area contributed by atoms with Crippen LogP contribution in [0.15, 0.2) is 30.3 Å². The molecule has 1 saturated heterocycles. The van der Waals surface area contributed by atoms with E-state index in [2.05, 4.69) is 0 Å². The quantitative estimate of drug-likeness (QED) is 0.578. The van der Waals surface area contributed by atoms with Gasteiger partial charge in [0.25, 0.3) is 5.91 Å². The van der Waals surface area contributed by atoms with E-state index in [4.69, 9.17) is 44.3 Å². The number of methoxy groups -OCH3 is 1. The fourth-order valence-corrected chi connectivity index (χ4v) is 4.57. The molecule has 1 amide bonds. The number of Topliss-reactive ketones (excluding diaryl/α,β-unsaturated/α-hetero) is 1. The Labute approximate surface area is 183 Å². The molecule has 0 radical (unpaired) electrons. The molecular weight excluding hydrogens is 437 g/mol. The molecule has 0 saturated carbocycles. The van der Waals surface area contributed by atoms with E-state index in [1.165, 1.54) is 0 Å². The van der Waals surface area contributed by atoms with Gasteiger partial charge in [-0.15, -0.1) is 0 Å². The average molecular weight is 455 g/mol. The standard InChI is InChI=1S/C21H18Cl3NO4/c1-28-12-2-3-13-16(26)11-21(29-17(13)10-12)6-8-25(9-7-21)20(27)18-14(22)4-5-15(23)19(18)24/h2-5,10H,6-9,11H2,1H3. The van der Waals surface area contributed by atoms with Gasteiger partial charge in [0.2, 0.25) is 0 Å². The minimum absolute atomic E-state index is 0.0367. The number of ketones is 1. The van der Waals surface area contributed by atoms with Crippen molar-refractivity contribution in [2.24, 2.45) is 0 Å². The first-order valence-electron chi connectivity index (χ1n) is 9.16. The van der Waals surface area contributed by atoms with Crippen LogP contribution in [0.5, 0.6) is 11.5 Å². The van der Waals surface area contributed by atoms with Gasteiger partial charge in [-0.3, -0.25) is 9.59 Å². The van der Waals surface area contributed by atoms with Crippen LogP contribution >= 0.6 is 34.8 Å². The van der Waals surface area contributed by atoms with E-state index < -0.39 is 5.60 Å². The van der Waals surface area contributed by atoms with Crippen molar-refractivity contribution >= 4 is 46.5 Å². The van der Waals surface area contributed by atoms with Crippen molar-refractivity contribution < 1.29 is 19.1 Å². The van der Waals surface area contributed by atoms with E-state index in [-0.39, 0.29) is 38.7 Å². The van der Waals surface area contributed by atoms with Crippen molar-refractivity contribution in [1.82, 2.24) is 4.90 Å². The molecule has 0 N–H and O–H groups in total. The summed E-state index contributed by atoms with van der Waals surface area (Å²) < 4.78 is 11.5. The van der Waals surface area contributed by atoms with Crippen LogP contribution in [-0.2, 0) is 0 Å². The maximum absolute atomic E-state index is 13.0. The summed E-state index contributed by atoms with van der Waals surface area (Å²) in [6, 6.07) is 8.32. The molecule has 2 heterocycles. The van der Waals surface area contributed by atoms with E-state index in [1.807, 2.05) is 0 Å². The molecule has 0 bridgehead atoms. The highest BCUT2D eigenvalue weighted by molar-refractivity contribution is 6.46. The van der Waals surface area contributed by atoms with Crippen LogP contribution in [0, 0.1) is 0 Å². The third kappa shape index (κ3) is 3.67. The Morgan fingerprint density at radius 3 is 2.48 bits per heavy atom. The monoisotopic (exact) mass is 453 g/mol. The topological polar surface area (TPSA) is 55.8 Å². The van der Waals surface area contributed by atoms with Gasteiger partial charge in [0.1, 0.15) is 17.1 Å². The first kappa shape index (κ1) is 20.3. The molecule has 8 heteroatoms. The summed E-state index contributed by atoms with van der Waals surface area (Å²) in [5.41, 5.74) is 0.134. The predicted molar refractivity (Wildman–Crippen MR) is 112 cm³/mol. The van der Waals surface area contributed by atoms with Crippen LogP contribution in [-0.4, -0.2) is 42.4 Å². The second kappa shape index (κ2) is 7.71. The van der Waals surface area contributed by atoms with Crippen molar-refractivity contribution in [3.63, 3.8) is 0 Å². The van der Waals surface area contributed by atoms with Gasteiger partial charge in [-0.25, -0.2) is 0 Å². The molecule has 2 aromatic rings. The van der Waals surface area contributed by atoms with Gasteiger partial charge in [0.15, 0.2) is 5.78 Å². The van der Waals surface area contributed by atoms with Gasteiger partial charge < -0.3 is 14.4 Å². The molecule has 1 spiro atoms. The lowest BCUT2D eigenvalue weighted by atomic mass is 9.82. The third-order valence-corrected chi connectivity index (χ3v) is 6.64. The van der Waals surface area contributed by atoms with Crippen LogP contribution in [0.4, 0.5) is 0 Å². The SMILES string of the molecule is COc1ccc2c(c1)OC1(CCN(C(=O)c3c(Cl)ccc(Cl)c3Cl)CC1)CC2=O. The lowest BCUT2D eigenvalue weighted by Crippen LogP contribution is -2.52. The Hall–Kier alpha value is -1.95. The molecule has 2 aliphatic heterocycles. The van der Waals surface area contributed by atoms with Gasteiger partial charge in [-0.05, 0) is 24.3 Å². The first-order valence-corrected chi connectivity index (χ1v) is 10.3. The predicted octanol–water partition coefficient (Wildman–Crippen LogP) is 5.30. The Morgan fingerprint density at radius 1 is 1.10 bits per heavy atom. The first-order chi connectivity index (χ1) is 13.8. The molecular formula is C21H18Cl3NO4. The highest BCUT2D eigenvalue weighted by Gasteiger charge is 2.44. The fraction of sp³-hybridized carbons (Fsp3) is 0.333. The molecule has 5 nitrogen and oxygen atoms in total. The Bertz CT molecular complexity index is 1000. The zero-order valence-electron chi connectivity index (χ0n) is 15.6. The average Bonchev–Trinajstić information content (AvgIpc) is 2.71. The minimum Gasteiger partial charge on any atom is -0.497 e. The van der Waals surface area contributed by atoms with E-state index in [0.717, 1.165) is 0 Å². The Morgan fingerprint density at radius 2 is 1.79 bits per heavy atom. The fourth-order valence-electron chi connectivity index (χ4n) is 3.88. The number of carbonyl (C=O) groups excluding carboxylic acids is 2. The lowest BCUT2D eigenvalue weighted by molar-refractivity contribution is -0.00579. The summed E-state index contributed by atoms with van der Waals surface area (Å²) in [5.74, 6) is 0.920. The van der Waals surface area contributed by atoms with Crippen molar-refractivity contribution in [3.05, 3.63) is 56.5 Å². The zero-order valence-corrected chi connectivity index (χ0v) is 17.9. The summed E-state index contributed by atoms with van der Waals surface area (Å²) in [5, 5.41) is 0.684. The molecule has 2 aromatic carbocycles. The van der Waals surface area contributed by atoms with E-state index in [1.54, 1.807) is 42.3 Å². The summed E-state index contributed by atoms with van der Waals surface area (Å²) in [4.78, 5) is 27.3. The van der Waals surface area contributed by atoms with E-state index >= 15 is 0 Å². The van der Waals surface area contributed by atoms with Crippen molar-refractivity contribution in [2.75, 3.05) is 20.2 Å². The van der Waals surface area contributed by atoms with Crippen LogP contribution in [0.1, 0.15) is 40.0 Å². The maximum Gasteiger partial charge on any atom is 0.256 e. The number of carbonyl (C=O) groups is 2. The van der Waals surface area contributed by atoms with Crippen LogP contribution < -0.4 is 9.47 Å². The highest BCUT2D eigenvalue weighted by atomic mass is 35.5. The number of likely N-dealkylation sites (tertiary alicyclic amines) is 1. The number of nitrogens with zero attached hydrogens (tertiary/aromatic N) is 1. The van der Waals surface area contributed by atoms with E-state index in [9.17, 15) is 9.59 Å². The number of hydrogen-bond acceptors (Lipinski definition) is 4. The van der Waals surface area contributed by atoms with Crippen molar-refractivity contribution in [3.8, 4) is 11.5 Å². The molecule has 29 heavy (non-hydrogen) atoms. The summed E-state index contributed by atoms with van der Waals surface area (Å²) in [6.45, 7) is 0.842. The number of hydrogen-bond donors (Lipinski definition) is 0. The smallest absolute Gasteiger partial charge is 0.256 e. The van der Waals surface area contributed by atoms with Crippen molar-refractivity contribution in [2.45, 2.75) is 24.9 Å². The summed E-state index contributed by atoms with van der Waals surface area (Å²) in [6.07, 6.45) is 1.33. The largest absolute Gasteiger partial charge is 0.497 e. The van der Waals surface area contributed by atoms with Crippen LogP contribution in [0.25, 0.3) is 0 Å². The number of rotatable bonds is 2. The number of halogens is 3. The lowest BCUT2D eigenvalue weighted by Gasteiger charge is -2.44. The molecule has 0 atom stereocenters. The molecule has 152 valence electrons. The molecule has 0 unspecified atom stereocenters. The van der Waals surface area contributed by atoms with Gasteiger partial charge in [0, 0.05) is 32.0 Å². The molecule has 4 rings (SSSR count). The number of ether oxygens (including phenoxy) is 2. The summed E-state index contributed by atoms with van der Waals surface area (Å²) >= 11 is 18.4. The van der Waals surface area contributed by atoms with Gasteiger partial charge in [0.05, 0.1) is 39.7 Å². The number of benzene rings is 2. The number of piperidine rings is 1. The van der Waals surface area contributed by atoms with Gasteiger partial charge >= 0.3 is 0 Å². The molecule has 2 aliphatic rings. The van der Waals surface area contributed by atoms with Crippen LogP contribution in [0.2, 0.25) is 15.1 Å². The Kier molecular flexibility index (Phi) is 5.40. The number of amides is 1. The maximum atomic E-state index is 13.0.